The minimum absolute atomic E-state index is 0.0977. The van der Waals surface area contributed by atoms with Gasteiger partial charge in [0.25, 0.3) is 0 Å². The number of alkyl halides is 3. The normalized spacial score (nSPS) is 12.9. The van der Waals surface area contributed by atoms with Gasteiger partial charge in [-0.05, 0) is 19.4 Å². The average Bonchev–Trinajstić information content (AvgIpc) is 2.00. The second-order valence-electron chi connectivity index (χ2n) is 3.49. The van der Waals surface area contributed by atoms with E-state index in [-0.39, 0.29) is 5.69 Å². The zero-order valence-corrected chi connectivity index (χ0v) is 9.06. The Kier molecular flexibility index (Phi) is 2.83. The molecular weight excluding hydrogens is 228 g/mol. The van der Waals surface area contributed by atoms with Crippen LogP contribution in [0.5, 0.6) is 0 Å². The molecule has 2 N–H and O–H groups in total. The number of aromatic nitrogens is 1. The Morgan fingerprint density at radius 2 is 1.93 bits per heavy atom. The van der Waals surface area contributed by atoms with E-state index in [2.05, 4.69) is 4.98 Å². The molecule has 0 aromatic carbocycles. The van der Waals surface area contributed by atoms with E-state index in [4.69, 9.17) is 5.73 Å². The van der Waals surface area contributed by atoms with E-state index in [1.165, 1.54) is 13.3 Å². The lowest BCUT2D eigenvalue weighted by Gasteiger charge is -2.14. The molecule has 0 saturated carbocycles. The number of pyridine rings is 1. The fourth-order valence-electron chi connectivity index (χ4n) is 1.11. The van der Waals surface area contributed by atoms with Crippen molar-refractivity contribution >= 4 is 18.3 Å². The Bertz CT molecular complexity index is 424. The van der Waals surface area contributed by atoms with E-state index in [9.17, 15) is 17.7 Å². The third-order valence-corrected chi connectivity index (χ3v) is 3.08. The SMILES string of the molecule is CP(C)(=O)c1ncc(N)cc1C(F)(F)F. The largest absolute Gasteiger partial charge is 0.418 e. The Labute approximate surface area is 84.9 Å². The van der Waals surface area contributed by atoms with Gasteiger partial charge in [-0.25, -0.2) is 0 Å². The van der Waals surface area contributed by atoms with Gasteiger partial charge in [0.2, 0.25) is 0 Å². The van der Waals surface area contributed by atoms with Gasteiger partial charge < -0.3 is 10.3 Å². The Balaban J connectivity index is 3.48. The van der Waals surface area contributed by atoms with E-state index in [1.807, 2.05) is 0 Å². The van der Waals surface area contributed by atoms with Gasteiger partial charge in [-0.1, -0.05) is 0 Å². The molecule has 7 heteroatoms. The molecule has 0 amide bonds. The predicted molar refractivity (Wildman–Crippen MR) is 52.7 cm³/mol. The molecule has 1 aromatic rings. The zero-order chi connectivity index (χ0) is 11.9. The summed E-state index contributed by atoms with van der Waals surface area (Å²) < 4.78 is 49.2. The van der Waals surface area contributed by atoms with E-state index in [1.54, 1.807) is 0 Å². The summed E-state index contributed by atoms with van der Waals surface area (Å²) in [4.78, 5) is 3.51. The summed E-state index contributed by atoms with van der Waals surface area (Å²) in [5, 5.41) is 0. The minimum atomic E-state index is -4.58. The number of nitrogens with zero attached hydrogens (tertiary/aromatic N) is 1. The van der Waals surface area contributed by atoms with Gasteiger partial charge in [-0.3, -0.25) is 4.98 Å². The summed E-state index contributed by atoms with van der Waals surface area (Å²) in [6.07, 6.45) is -3.51. The van der Waals surface area contributed by atoms with Crippen LogP contribution >= 0.6 is 7.14 Å². The molecule has 0 atom stereocenters. The van der Waals surface area contributed by atoms with Crippen molar-refractivity contribution in [3.8, 4) is 0 Å². The first-order valence-corrected chi connectivity index (χ1v) is 6.61. The van der Waals surface area contributed by atoms with Crippen LogP contribution in [0.1, 0.15) is 5.56 Å². The van der Waals surface area contributed by atoms with Gasteiger partial charge in [0.15, 0.2) is 0 Å². The monoisotopic (exact) mass is 238 g/mol. The van der Waals surface area contributed by atoms with Crippen LogP contribution in [0.3, 0.4) is 0 Å². The van der Waals surface area contributed by atoms with Crippen molar-refractivity contribution in [2.24, 2.45) is 0 Å². The van der Waals surface area contributed by atoms with Crippen LogP contribution in [0.25, 0.3) is 0 Å². The summed E-state index contributed by atoms with van der Waals surface area (Å²) in [5.41, 5.74) is 3.67. The molecule has 15 heavy (non-hydrogen) atoms. The molecule has 0 saturated heterocycles. The van der Waals surface area contributed by atoms with Gasteiger partial charge >= 0.3 is 6.18 Å². The number of hydrogen-bond acceptors (Lipinski definition) is 3. The maximum atomic E-state index is 12.5. The van der Waals surface area contributed by atoms with E-state index < -0.39 is 24.3 Å². The highest BCUT2D eigenvalue weighted by Gasteiger charge is 2.37. The van der Waals surface area contributed by atoms with Crippen molar-refractivity contribution < 1.29 is 17.7 Å². The molecule has 0 fully saturated rings. The molecular formula is C8H10F3N2OP. The van der Waals surface area contributed by atoms with Gasteiger partial charge in [0.05, 0.1) is 17.4 Å². The van der Waals surface area contributed by atoms with Crippen LogP contribution in [0.2, 0.25) is 0 Å². The summed E-state index contributed by atoms with van der Waals surface area (Å²) in [5.74, 6) is 0. The Hall–Kier alpha value is -1.03. The predicted octanol–water partition coefficient (Wildman–Crippen LogP) is 1.93. The number of halogens is 3. The maximum Gasteiger partial charge on any atom is 0.418 e. The first-order valence-electron chi connectivity index (χ1n) is 4.00. The summed E-state index contributed by atoms with van der Waals surface area (Å²) >= 11 is 0. The van der Waals surface area contributed by atoms with Crippen molar-refractivity contribution in [2.45, 2.75) is 6.18 Å². The smallest absolute Gasteiger partial charge is 0.397 e. The molecule has 0 spiro atoms. The van der Waals surface area contributed by atoms with Crippen molar-refractivity contribution in [1.82, 2.24) is 4.98 Å². The topological polar surface area (TPSA) is 56.0 Å². The fourth-order valence-corrected chi connectivity index (χ4v) is 2.22. The molecule has 3 nitrogen and oxygen atoms in total. The molecule has 0 aliphatic heterocycles. The molecule has 0 unspecified atom stereocenters. The van der Waals surface area contributed by atoms with Gasteiger partial charge in [-0.15, -0.1) is 0 Å². The molecule has 0 radical (unpaired) electrons. The van der Waals surface area contributed by atoms with E-state index >= 15 is 0 Å². The van der Waals surface area contributed by atoms with Crippen molar-refractivity contribution in [3.05, 3.63) is 17.8 Å². The van der Waals surface area contributed by atoms with Crippen LogP contribution < -0.4 is 11.2 Å². The lowest BCUT2D eigenvalue weighted by atomic mass is 10.2. The number of nitrogen functional groups attached to an aromatic ring is 1. The highest BCUT2D eigenvalue weighted by molar-refractivity contribution is 7.70. The molecule has 1 aromatic heterocycles. The van der Waals surface area contributed by atoms with Crippen LogP contribution in [0.4, 0.5) is 18.9 Å². The zero-order valence-electron chi connectivity index (χ0n) is 8.17. The summed E-state index contributed by atoms with van der Waals surface area (Å²) in [7, 11) is -3.06. The Morgan fingerprint density at radius 1 is 1.40 bits per heavy atom. The van der Waals surface area contributed by atoms with Gasteiger partial charge in [-0.2, -0.15) is 13.2 Å². The van der Waals surface area contributed by atoms with Crippen molar-refractivity contribution in [3.63, 3.8) is 0 Å². The molecule has 0 aliphatic rings. The molecule has 0 aliphatic carbocycles. The lowest BCUT2D eigenvalue weighted by molar-refractivity contribution is -0.136. The highest BCUT2D eigenvalue weighted by Crippen LogP contribution is 2.40. The molecule has 1 heterocycles. The fraction of sp³-hybridized carbons (Fsp3) is 0.375. The van der Waals surface area contributed by atoms with Crippen LogP contribution in [-0.4, -0.2) is 18.3 Å². The van der Waals surface area contributed by atoms with Crippen LogP contribution in [0, 0.1) is 0 Å². The quantitative estimate of drug-likeness (QED) is 0.760. The third kappa shape index (κ3) is 2.72. The second kappa shape index (κ2) is 3.52. The first-order chi connectivity index (χ1) is 6.62. The third-order valence-electron chi connectivity index (χ3n) is 1.70. The lowest BCUT2D eigenvalue weighted by Crippen LogP contribution is -2.22. The Morgan fingerprint density at radius 3 is 2.33 bits per heavy atom. The number of hydrogen-bond donors (Lipinski definition) is 1. The standard InChI is InChI=1S/C8H10F3N2OP/c1-15(2,14)7-6(8(9,10)11)3-5(12)4-13-7/h3-4H,12H2,1-2H3. The van der Waals surface area contributed by atoms with E-state index in [0.29, 0.717) is 0 Å². The van der Waals surface area contributed by atoms with Crippen molar-refractivity contribution in [2.75, 3.05) is 19.1 Å². The van der Waals surface area contributed by atoms with Gasteiger partial charge in [0.1, 0.15) is 12.6 Å². The highest BCUT2D eigenvalue weighted by atomic mass is 31.2. The second-order valence-corrected chi connectivity index (χ2v) is 6.61. The molecule has 84 valence electrons. The number of anilines is 1. The average molecular weight is 238 g/mol. The van der Waals surface area contributed by atoms with Crippen molar-refractivity contribution in [1.29, 1.82) is 0 Å². The van der Waals surface area contributed by atoms with E-state index in [0.717, 1.165) is 12.3 Å². The number of rotatable bonds is 1. The molecule has 1 rings (SSSR count). The van der Waals surface area contributed by atoms with Gasteiger partial charge in [0, 0.05) is 0 Å². The summed E-state index contributed by atoms with van der Waals surface area (Å²) in [6, 6.07) is 0.752. The minimum Gasteiger partial charge on any atom is -0.397 e. The maximum absolute atomic E-state index is 12.5. The summed E-state index contributed by atoms with van der Waals surface area (Å²) in [6.45, 7) is 2.47. The molecule has 0 bridgehead atoms. The number of nitrogens with two attached hydrogens (primary N) is 1. The van der Waals surface area contributed by atoms with Crippen LogP contribution in [0.15, 0.2) is 12.3 Å². The van der Waals surface area contributed by atoms with Crippen LogP contribution in [-0.2, 0) is 10.7 Å². The first kappa shape index (κ1) is 12.0.